The van der Waals surface area contributed by atoms with Crippen LogP contribution in [0.4, 0.5) is 0 Å². The maximum absolute atomic E-state index is 11.9. The average molecular weight is 346 g/mol. The van der Waals surface area contributed by atoms with E-state index in [0.29, 0.717) is 5.76 Å². The molecule has 1 aliphatic rings. The molecule has 1 aromatic carbocycles. The second kappa shape index (κ2) is 7.48. The van der Waals surface area contributed by atoms with Crippen LogP contribution in [-0.4, -0.2) is 16.7 Å². The Hall–Kier alpha value is -3.01. The number of Topliss-reactive ketones (excluding diaryl/α,β-unsaturated/α-hetero) is 1. The Balaban J connectivity index is 2.33. The number of benzene rings is 1. The Morgan fingerprint density at radius 1 is 1.31 bits per heavy atom. The molecule has 0 unspecified atom stereocenters. The molecule has 2 aromatic rings. The predicted octanol–water partition coefficient (Wildman–Crippen LogP) is 5.16. The Bertz CT molecular complexity index is 945. The highest BCUT2D eigenvalue weighted by Gasteiger charge is 2.30. The van der Waals surface area contributed by atoms with Gasteiger partial charge in [0.25, 0.3) is 0 Å². The minimum Gasteiger partial charge on any atom is -0.358 e. The summed E-state index contributed by atoms with van der Waals surface area (Å²) in [5, 5.41) is 4.14. The minimum atomic E-state index is -0.399. The van der Waals surface area contributed by atoms with E-state index in [2.05, 4.69) is 11.7 Å². The molecule has 0 bridgehead atoms. The van der Waals surface area contributed by atoms with Crippen molar-refractivity contribution in [2.24, 2.45) is 4.99 Å². The van der Waals surface area contributed by atoms with Gasteiger partial charge >= 0.3 is 0 Å². The van der Waals surface area contributed by atoms with E-state index in [4.69, 9.17) is 9.52 Å². The summed E-state index contributed by atoms with van der Waals surface area (Å²) in [6.07, 6.45) is 7.92. The number of carbonyl (C=O) groups excluding carboxylic acids is 1. The van der Waals surface area contributed by atoms with Crippen LogP contribution in [0.5, 0.6) is 0 Å². The van der Waals surface area contributed by atoms with Gasteiger partial charge in [0, 0.05) is 12.0 Å². The number of aryl methyl sites for hydroxylation is 1. The summed E-state index contributed by atoms with van der Waals surface area (Å²) >= 11 is 0. The molecule has 0 aliphatic carbocycles. The number of hydrogen-bond acceptors (Lipinski definition) is 4. The van der Waals surface area contributed by atoms with Gasteiger partial charge in [-0.3, -0.25) is 9.79 Å². The van der Waals surface area contributed by atoms with Gasteiger partial charge in [0.05, 0.1) is 17.0 Å². The van der Waals surface area contributed by atoms with Gasteiger partial charge in [0.2, 0.25) is 0 Å². The highest BCUT2D eigenvalue weighted by molar-refractivity contribution is 6.18. The van der Waals surface area contributed by atoms with Gasteiger partial charge in [-0.2, -0.15) is 0 Å². The van der Waals surface area contributed by atoms with Crippen molar-refractivity contribution in [2.45, 2.75) is 33.2 Å². The second-order valence-corrected chi connectivity index (χ2v) is 6.31. The first kappa shape index (κ1) is 17.8. The van der Waals surface area contributed by atoms with E-state index in [1.807, 2.05) is 56.3 Å². The normalized spacial score (nSPS) is 16.7. The fourth-order valence-corrected chi connectivity index (χ4v) is 3.29. The molecule has 132 valence electrons. The van der Waals surface area contributed by atoms with Gasteiger partial charge in [0.15, 0.2) is 5.76 Å². The van der Waals surface area contributed by atoms with Gasteiger partial charge in [-0.05, 0) is 31.9 Å². The highest BCUT2D eigenvalue weighted by atomic mass is 16.5. The number of ketones is 1. The third kappa shape index (κ3) is 3.23. The van der Waals surface area contributed by atoms with Crippen molar-refractivity contribution >= 4 is 11.5 Å². The van der Waals surface area contributed by atoms with E-state index >= 15 is 0 Å². The molecular formula is C22H22N2O2. The van der Waals surface area contributed by atoms with Crippen molar-refractivity contribution in [1.82, 2.24) is 5.16 Å². The molecule has 0 saturated carbocycles. The molecular weight excluding hydrogens is 324 g/mol. The van der Waals surface area contributed by atoms with Gasteiger partial charge in [-0.25, -0.2) is 0 Å². The van der Waals surface area contributed by atoms with Crippen molar-refractivity contribution in [3.05, 3.63) is 77.7 Å². The van der Waals surface area contributed by atoms with Crippen molar-refractivity contribution in [1.29, 1.82) is 0 Å². The van der Waals surface area contributed by atoms with Crippen LogP contribution in [0.1, 0.15) is 43.3 Å². The van der Waals surface area contributed by atoms with Crippen LogP contribution < -0.4 is 0 Å². The lowest BCUT2D eigenvalue weighted by molar-refractivity contribution is -0.117. The first-order valence-electron chi connectivity index (χ1n) is 8.65. The molecule has 0 amide bonds. The van der Waals surface area contributed by atoms with Crippen LogP contribution in [0, 0.1) is 6.92 Å². The summed E-state index contributed by atoms with van der Waals surface area (Å²) in [6, 6.07) is 7.67. The van der Waals surface area contributed by atoms with Crippen LogP contribution in [0.3, 0.4) is 0 Å². The Morgan fingerprint density at radius 2 is 2.04 bits per heavy atom. The fourth-order valence-electron chi connectivity index (χ4n) is 3.29. The van der Waals surface area contributed by atoms with Gasteiger partial charge < -0.3 is 4.52 Å². The summed E-state index contributed by atoms with van der Waals surface area (Å²) in [5.41, 5.74) is 5.53. The number of hydrogen-bond donors (Lipinski definition) is 0. The Labute approximate surface area is 153 Å². The van der Waals surface area contributed by atoms with E-state index in [-0.39, 0.29) is 12.2 Å². The number of carbonyl (C=O) groups is 1. The molecule has 0 spiro atoms. The number of allylic oxidation sites excluding steroid dienone is 5. The monoisotopic (exact) mass is 346 g/mol. The van der Waals surface area contributed by atoms with Crippen molar-refractivity contribution < 1.29 is 9.32 Å². The van der Waals surface area contributed by atoms with Gasteiger partial charge in [0.1, 0.15) is 11.8 Å². The molecule has 3 rings (SSSR count). The Kier molecular flexibility index (Phi) is 5.12. The summed E-state index contributed by atoms with van der Waals surface area (Å²) in [6.45, 7) is 9.27. The minimum absolute atomic E-state index is 0.0596. The topological polar surface area (TPSA) is 55.5 Å². The first-order chi connectivity index (χ1) is 12.6. The van der Waals surface area contributed by atoms with Crippen molar-refractivity contribution in [2.75, 3.05) is 0 Å². The van der Waals surface area contributed by atoms with E-state index in [9.17, 15) is 4.79 Å². The van der Waals surface area contributed by atoms with Crippen LogP contribution >= 0.6 is 0 Å². The maximum Gasteiger partial charge on any atom is 0.169 e. The van der Waals surface area contributed by atoms with Crippen molar-refractivity contribution in [3.8, 4) is 11.1 Å². The fraction of sp³-hybridized carbons (Fsp3) is 0.227. The second-order valence-electron chi connectivity index (χ2n) is 6.31. The maximum atomic E-state index is 11.9. The standard InChI is InChI=1S/C22H22N2O2/c1-5-9-16(10-6-2)21-18-12-8-7-11-17(18)20-15(4)24-26-22(20)19(23-21)13-14(3)25/h5-12,19H,1,13H2,2-4H3/b10-6-,16-9+/t19-/m0/s1. The average Bonchev–Trinajstić information content (AvgIpc) is 2.93. The molecule has 0 N–H and O–H groups in total. The third-order valence-electron chi connectivity index (χ3n) is 4.33. The van der Waals surface area contributed by atoms with E-state index in [1.54, 1.807) is 13.0 Å². The third-order valence-corrected chi connectivity index (χ3v) is 4.33. The lowest BCUT2D eigenvalue weighted by Crippen LogP contribution is -2.08. The molecule has 0 radical (unpaired) electrons. The lowest BCUT2D eigenvalue weighted by Gasteiger charge is -2.12. The molecule has 0 fully saturated rings. The molecule has 1 aromatic heterocycles. The number of nitrogens with zero attached hydrogens (tertiary/aromatic N) is 2. The number of fused-ring (bicyclic) bond motifs is 3. The summed E-state index contributed by atoms with van der Waals surface area (Å²) in [5.74, 6) is 0.711. The van der Waals surface area contributed by atoms with Crippen LogP contribution in [0.15, 0.2) is 70.2 Å². The summed E-state index contributed by atoms with van der Waals surface area (Å²) in [7, 11) is 0. The summed E-state index contributed by atoms with van der Waals surface area (Å²) < 4.78 is 5.62. The quantitative estimate of drug-likeness (QED) is 0.703. The van der Waals surface area contributed by atoms with E-state index in [0.717, 1.165) is 33.7 Å². The van der Waals surface area contributed by atoms with Gasteiger partial charge in [-0.1, -0.05) is 60.3 Å². The number of rotatable bonds is 5. The lowest BCUT2D eigenvalue weighted by atomic mass is 9.92. The predicted molar refractivity (Wildman–Crippen MR) is 104 cm³/mol. The van der Waals surface area contributed by atoms with Crippen LogP contribution in [0.25, 0.3) is 11.1 Å². The van der Waals surface area contributed by atoms with Crippen LogP contribution in [0.2, 0.25) is 0 Å². The van der Waals surface area contributed by atoms with E-state index in [1.165, 1.54) is 0 Å². The van der Waals surface area contributed by atoms with Gasteiger partial charge in [-0.15, -0.1) is 0 Å². The smallest absolute Gasteiger partial charge is 0.169 e. The largest absolute Gasteiger partial charge is 0.358 e. The SMILES string of the molecule is C=C/C=C(\C=C/C)C1=N[C@@H](CC(C)=O)c2onc(C)c2-c2ccccc21. The number of aliphatic imine (C=N–C) groups is 1. The zero-order valence-corrected chi connectivity index (χ0v) is 15.3. The highest BCUT2D eigenvalue weighted by Crippen LogP contribution is 2.40. The molecule has 1 aliphatic heterocycles. The Morgan fingerprint density at radius 3 is 2.69 bits per heavy atom. The van der Waals surface area contributed by atoms with Crippen LogP contribution in [-0.2, 0) is 4.79 Å². The number of aromatic nitrogens is 1. The molecule has 4 heteroatoms. The zero-order chi connectivity index (χ0) is 18.7. The zero-order valence-electron chi connectivity index (χ0n) is 15.3. The van der Waals surface area contributed by atoms with E-state index < -0.39 is 6.04 Å². The molecule has 2 heterocycles. The molecule has 4 nitrogen and oxygen atoms in total. The van der Waals surface area contributed by atoms with Crippen molar-refractivity contribution in [3.63, 3.8) is 0 Å². The first-order valence-corrected chi connectivity index (χ1v) is 8.65. The summed E-state index contributed by atoms with van der Waals surface area (Å²) in [4.78, 5) is 16.8. The molecule has 1 atom stereocenters. The molecule has 0 saturated heterocycles. The molecule has 26 heavy (non-hydrogen) atoms.